The average Bonchev–Trinajstić information content (AvgIpc) is 0.772. The first kappa shape index (κ1) is 81.2. The number of esters is 6. The van der Waals surface area contributed by atoms with Crippen LogP contribution in [0.2, 0.25) is 0 Å². The number of benzene rings is 4. The summed E-state index contributed by atoms with van der Waals surface area (Å²) in [5.41, 5.74) is 5.62. The summed E-state index contributed by atoms with van der Waals surface area (Å²) < 4.78 is 58.7. The monoisotopic (exact) mass is 1380 g/mol. The second-order valence-electron chi connectivity index (χ2n) is 24.3. The standard InChI is InChI=1S/C80H100O20/c1-9-15-19-27-67(81)55-43-59-51-60-44-56(68(82)28-20-16-10-2)46-62(78(60)98-40-24-36-94-72(86)14-6)53-64-48-58(70(84)30-22-18-12-4)50-66(80(64)100-42-26-38-96-76(90)34-32-74(88)92-8)54-65-49-57(69(83)29-21-17-11-3)47-63(52-61(45-55)77(59)97-39-23-35-93-71(85)13-5)79(65)99-41-25-37-95-75(89)33-31-73(87)91-7/h13-14,31-34,43-50H,5-6,9-12,15-30,35-42,51-54H2,1-4,7-8H3/b33-31-,34-32-. The van der Waals surface area contributed by atoms with E-state index in [1.54, 1.807) is 48.5 Å². The van der Waals surface area contributed by atoms with Gasteiger partial charge in [-0.3, -0.25) is 19.2 Å². The number of carbonyl (C=O) groups excluding carboxylic acids is 10. The van der Waals surface area contributed by atoms with Gasteiger partial charge in [-0.15, -0.1) is 0 Å². The summed E-state index contributed by atoms with van der Waals surface area (Å²) in [6, 6.07) is 14.4. The SMILES string of the molecule is C=CC(=O)OCCCOc1c2cc(C(=O)CCCCC)cc1Cc1cc(C(=O)CCCCC)cc(c1OCCCOC(=O)/C=C\C(=O)OC)Cc1cc(C(=O)CCCCC)cc(c1OCCCOC(=O)/C=C\C(=O)OC)Cc1cc(C(=O)CCCCC)cc(c1OCCCOC(=O)C=C)C2. The Hall–Kier alpha value is -9.46. The molecule has 0 spiro atoms. The van der Waals surface area contributed by atoms with E-state index in [1.165, 1.54) is 14.2 Å². The summed E-state index contributed by atoms with van der Waals surface area (Å²) in [6.45, 7) is 14.9. The van der Waals surface area contributed by atoms with Gasteiger partial charge in [-0.05, 0) is 119 Å². The molecule has 8 bridgehead atoms. The van der Waals surface area contributed by atoms with Crippen LogP contribution in [-0.2, 0) is 82.9 Å². The number of ether oxygens (including phenoxy) is 10. The van der Waals surface area contributed by atoms with Crippen molar-refractivity contribution in [2.24, 2.45) is 0 Å². The maximum Gasteiger partial charge on any atom is 0.331 e. The first-order valence-electron chi connectivity index (χ1n) is 35.1. The Kier molecular flexibility index (Phi) is 36.8. The molecule has 1 aliphatic rings. The third-order valence-corrected chi connectivity index (χ3v) is 16.4. The van der Waals surface area contributed by atoms with E-state index in [-0.39, 0.29) is 153 Å². The molecule has 4 aromatic rings. The average molecular weight is 1380 g/mol. The number of carbonyl (C=O) groups is 10. The molecule has 0 fully saturated rings. The van der Waals surface area contributed by atoms with Gasteiger partial charge >= 0.3 is 35.8 Å². The minimum absolute atomic E-state index is 0.00389. The molecule has 0 heterocycles. The molecular formula is C80H100O20. The molecule has 0 radical (unpaired) electrons. The number of rotatable bonds is 46. The van der Waals surface area contributed by atoms with Crippen LogP contribution in [0, 0.1) is 0 Å². The van der Waals surface area contributed by atoms with Crippen LogP contribution in [0.1, 0.15) is 242 Å². The highest BCUT2D eigenvalue weighted by Gasteiger charge is 2.28. The summed E-state index contributed by atoms with van der Waals surface area (Å²) in [6.07, 6.45) is 16.7. The zero-order valence-electron chi connectivity index (χ0n) is 59.3. The van der Waals surface area contributed by atoms with Crippen molar-refractivity contribution in [1.29, 1.82) is 0 Å². The molecule has 100 heavy (non-hydrogen) atoms. The molecule has 0 amide bonds. The van der Waals surface area contributed by atoms with E-state index >= 15 is 0 Å². The topological polar surface area (TPSA) is 263 Å². The van der Waals surface area contributed by atoms with Crippen LogP contribution < -0.4 is 18.9 Å². The second-order valence-corrected chi connectivity index (χ2v) is 24.3. The van der Waals surface area contributed by atoms with Gasteiger partial charge in [-0.25, -0.2) is 28.8 Å². The number of unbranched alkanes of at least 4 members (excludes halogenated alkanes) is 8. The molecule has 0 saturated carbocycles. The van der Waals surface area contributed by atoms with Gasteiger partial charge in [0.1, 0.15) is 23.0 Å². The van der Waals surface area contributed by atoms with Gasteiger partial charge in [0, 0.05) is 136 Å². The molecule has 0 unspecified atom stereocenters. The third kappa shape index (κ3) is 27.7. The highest BCUT2D eigenvalue weighted by atomic mass is 16.6. The molecule has 0 saturated heterocycles. The third-order valence-electron chi connectivity index (χ3n) is 16.4. The molecule has 20 heteroatoms. The number of hydrogen-bond donors (Lipinski definition) is 0. The summed E-state index contributed by atoms with van der Waals surface area (Å²) in [5, 5.41) is 0. The molecule has 5 rings (SSSR count). The van der Waals surface area contributed by atoms with E-state index in [9.17, 15) is 47.9 Å². The Bertz CT molecular complexity index is 3310. The van der Waals surface area contributed by atoms with Crippen LogP contribution >= 0.6 is 0 Å². The lowest BCUT2D eigenvalue weighted by atomic mass is 9.86. The Morgan fingerprint density at radius 3 is 0.710 bits per heavy atom. The maximum atomic E-state index is 14.8. The van der Waals surface area contributed by atoms with Gasteiger partial charge in [0.25, 0.3) is 0 Å². The summed E-state index contributed by atoms with van der Waals surface area (Å²) in [5.74, 6) is -3.43. The van der Waals surface area contributed by atoms with E-state index in [0.29, 0.717) is 115 Å². The zero-order chi connectivity index (χ0) is 72.6. The van der Waals surface area contributed by atoms with E-state index in [4.69, 9.17) is 37.9 Å². The van der Waals surface area contributed by atoms with Gasteiger partial charge < -0.3 is 47.4 Å². The number of hydrogen-bond acceptors (Lipinski definition) is 20. The van der Waals surface area contributed by atoms with Crippen LogP contribution in [-0.4, -0.2) is 126 Å². The molecule has 540 valence electrons. The fourth-order valence-electron chi connectivity index (χ4n) is 11.2. The van der Waals surface area contributed by atoms with Crippen molar-refractivity contribution in [3.63, 3.8) is 0 Å². The first-order valence-corrected chi connectivity index (χ1v) is 35.1. The van der Waals surface area contributed by atoms with Crippen molar-refractivity contribution in [3.05, 3.63) is 165 Å². The van der Waals surface area contributed by atoms with Gasteiger partial charge in [0.05, 0.1) is 67.1 Å². The minimum atomic E-state index is -0.788. The van der Waals surface area contributed by atoms with Crippen LogP contribution in [0.25, 0.3) is 0 Å². The van der Waals surface area contributed by atoms with Crippen molar-refractivity contribution in [2.45, 2.75) is 182 Å². The normalized spacial score (nSPS) is 11.7. The quantitative estimate of drug-likeness (QED) is 0.0115. The van der Waals surface area contributed by atoms with Gasteiger partial charge in [-0.2, -0.15) is 0 Å². The molecule has 0 atom stereocenters. The number of ketones is 4. The van der Waals surface area contributed by atoms with Crippen LogP contribution in [0.3, 0.4) is 0 Å². The van der Waals surface area contributed by atoms with Crippen LogP contribution in [0.4, 0.5) is 0 Å². The molecule has 0 aliphatic heterocycles. The smallest absolute Gasteiger partial charge is 0.331 e. The zero-order valence-corrected chi connectivity index (χ0v) is 59.3. The Balaban J connectivity index is 1.98. The Morgan fingerprint density at radius 1 is 0.300 bits per heavy atom. The lowest BCUT2D eigenvalue weighted by Gasteiger charge is -2.25. The van der Waals surface area contributed by atoms with E-state index in [2.05, 4.69) is 36.5 Å². The fraction of sp³-hybridized carbons (Fsp3) is 0.475. The van der Waals surface area contributed by atoms with Crippen molar-refractivity contribution < 1.29 is 95.3 Å². The van der Waals surface area contributed by atoms with Crippen molar-refractivity contribution in [1.82, 2.24) is 0 Å². The molecule has 0 aromatic heterocycles. The lowest BCUT2D eigenvalue weighted by Crippen LogP contribution is -2.15. The van der Waals surface area contributed by atoms with Gasteiger partial charge in [-0.1, -0.05) is 92.2 Å². The van der Waals surface area contributed by atoms with E-state index in [1.807, 2.05) is 13.8 Å². The predicted octanol–water partition coefficient (Wildman–Crippen LogP) is 14.5. The summed E-state index contributed by atoms with van der Waals surface area (Å²) >= 11 is 0. The second kappa shape index (κ2) is 45.3. The molecule has 0 N–H and O–H groups in total. The Labute approximate surface area is 588 Å². The molecule has 20 nitrogen and oxygen atoms in total. The largest absolute Gasteiger partial charge is 0.493 e. The van der Waals surface area contributed by atoms with Crippen LogP contribution in [0.15, 0.2) is 98.1 Å². The van der Waals surface area contributed by atoms with E-state index < -0.39 is 35.8 Å². The van der Waals surface area contributed by atoms with Crippen molar-refractivity contribution in [2.75, 3.05) is 67.1 Å². The maximum absolute atomic E-state index is 14.8. The minimum Gasteiger partial charge on any atom is -0.493 e. The highest BCUT2D eigenvalue weighted by Crippen LogP contribution is 2.42. The highest BCUT2D eigenvalue weighted by molar-refractivity contribution is 5.99. The number of methoxy groups -OCH3 is 2. The lowest BCUT2D eigenvalue weighted by molar-refractivity contribution is -0.139. The summed E-state index contributed by atoms with van der Waals surface area (Å²) in [7, 11) is 2.37. The predicted molar refractivity (Wildman–Crippen MR) is 378 cm³/mol. The first-order chi connectivity index (χ1) is 48.4. The summed E-state index contributed by atoms with van der Waals surface area (Å²) in [4.78, 5) is 133. The molecule has 1 aliphatic carbocycles. The van der Waals surface area contributed by atoms with Crippen molar-refractivity contribution >= 4 is 58.9 Å². The molecule has 4 aromatic carbocycles. The number of Topliss-reactive ketones (excluding diaryl/α,β-unsaturated/α-hetero) is 4. The fourth-order valence-corrected chi connectivity index (χ4v) is 11.2. The Morgan fingerprint density at radius 2 is 0.510 bits per heavy atom. The van der Waals surface area contributed by atoms with Gasteiger partial charge in [0.15, 0.2) is 23.1 Å². The molecular weight excluding hydrogens is 1280 g/mol. The van der Waals surface area contributed by atoms with Gasteiger partial charge in [0.2, 0.25) is 0 Å². The van der Waals surface area contributed by atoms with Crippen LogP contribution in [0.5, 0.6) is 23.0 Å². The van der Waals surface area contributed by atoms with E-state index in [0.717, 1.165) is 87.8 Å². The van der Waals surface area contributed by atoms with Crippen molar-refractivity contribution in [3.8, 4) is 23.0 Å². The number of fused-ring (bicyclic) bond motifs is 8.